The maximum atomic E-state index is 5.80. The van der Waals surface area contributed by atoms with E-state index < -0.39 is 0 Å². The van der Waals surface area contributed by atoms with Gasteiger partial charge in [-0.05, 0) is 30.2 Å². The van der Waals surface area contributed by atoms with Crippen molar-refractivity contribution < 1.29 is 0 Å². The van der Waals surface area contributed by atoms with Crippen molar-refractivity contribution in [3.63, 3.8) is 0 Å². The quantitative estimate of drug-likeness (QED) is 0.536. The Bertz CT molecular complexity index is 765. The van der Waals surface area contributed by atoms with Crippen LogP contribution in [0.5, 0.6) is 0 Å². The van der Waals surface area contributed by atoms with Crippen LogP contribution in [-0.2, 0) is 6.54 Å². The van der Waals surface area contributed by atoms with Gasteiger partial charge < -0.3 is 0 Å². The van der Waals surface area contributed by atoms with E-state index in [9.17, 15) is 0 Å². The van der Waals surface area contributed by atoms with Crippen LogP contribution in [0, 0.1) is 11.8 Å². The van der Waals surface area contributed by atoms with Crippen LogP contribution in [0.15, 0.2) is 42.5 Å². The first-order chi connectivity index (χ1) is 9.81. The second kappa shape index (κ2) is 5.72. The molecule has 0 saturated heterocycles. The van der Waals surface area contributed by atoms with E-state index in [1.807, 2.05) is 36.4 Å². The van der Waals surface area contributed by atoms with Crippen molar-refractivity contribution in [3.05, 3.63) is 53.3 Å². The number of benzene rings is 1. The molecule has 0 atom stereocenters. The molecular formula is C15H11ClN4. The van der Waals surface area contributed by atoms with Crippen LogP contribution >= 0.6 is 11.6 Å². The molecule has 0 saturated carbocycles. The van der Waals surface area contributed by atoms with E-state index in [1.165, 1.54) is 0 Å². The molecule has 0 aliphatic rings. The van der Waals surface area contributed by atoms with E-state index in [2.05, 4.69) is 27.0 Å². The molecule has 0 radical (unpaired) electrons. The summed E-state index contributed by atoms with van der Waals surface area (Å²) in [5, 5.41) is 9.20. The summed E-state index contributed by atoms with van der Waals surface area (Å²) in [6.07, 6.45) is 0.662. The van der Waals surface area contributed by atoms with Crippen LogP contribution in [0.25, 0.3) is 11.0 Å². The summed E-state index contributed by atoms with van der Waals surface area (Å²) in [5.74, 6) is 6.02. The minimum atomic E-state index is 0.455. The van der Waals surface area contributed by atoms with Crippen molar-refractivity contribution in [3.8, 4) is 11.8 Å². The van der Waals surface area contributed by atoms with E-state index in [1.54, 1.807) is 10.9 Å². The fourth-order valence-electron chi connectivity index (χ4n) is 1.79. The maximum absolute atomic E-state index is 5.80. The molecule has 0 amide bonds. The molecule has 0 fully saturated rings. The monoisotopic (exact) mass is 282 g/mol. The number of hydrogen-bond acceptors (Lipinski definition) is 3. The highest BCUT2D eigenvalue weighted by Crippen LogP contribution is 2.07. The molecule has 3 aromatic rings. The summed E-state index contributed by atoms with van der Waals surface area (Å²) in [6.45, 7) is 0.655. The van der Waals surface area contributed by atoms with Crippen LogP contribution in [0.2, 0.25) is 5.15 Å². The van der Waals surface area contributed by atoms with E-state index in [0.717, 1.165) is 11.0 Å². The third-order valence-corrected chi connectivity index (χ3v) is 2.91. The zero-order valence-electron chi connectivity index (χ0n) is 10.6. The average molecular weight is 283 g/mol. The smallest absolute Gasteiger partial charge is 0.130 e. The summed E-state index contributed by atoms with van der Waals surface area (Å²) < 4.78 is 0. The minimum Gasteiger partial charge on any atom is -0.228 e. The zero-order valence-corrected chi connectivity index (χ0v) is 11.4. The van der Waals surface area contributed by atoms with Gasteiger partial charge in [0.1, 0.15) is 21.9 Å². The van der Waals surface area contributed by atoms with Gasteiger partial charge in [-0.25, -0.2) is 4.98 Å². The summed E-state index contributed by atoms with van der Waals surface area (Å²) in [7, 11) is 0. The molecule has 2 heterocycles. The number of nitrogens with zero attached hydrogens (tertiary/aromatic N) is 4. The van der Waals surface area contributed by atoms with Gasteiger partial charge in [0.25, 0.3) is 0 Å². The second-order valence-corrected chi connectivity index (χ2v) is 4.57. The third-order valence-electron chi connectivity index (χ3n) is 2.70. The first kappa shape index (κ1) is 12.6. The van der Waals surface area contributed by atoms with Crippen LogP contribution in [0.1, 0.15) is 12.1 Å². The number of rotatable bonds is 2. The molecule has 2 aromatic heterocycles. The van der Waals surface area contributed by atoms with Crippen LogP contribution in [-0.4, -0.2) is 20.0 Å². The van der Waals surface area contributed by atoms with Gasteiger partial charge in [-0.2, -0.15) is 15.0 Å². The summed E-state index contributed by atoms with van der Waals surface area (Å²) in [5.41, 5.74) is 2.48. The Morgan fingerprint density at radius 3 is 2.45 bits per heavy atom. The van der Waals surface area contributed by atoms with E-state index in [-0.39, 0.29) is 0 Å². The molecule has 0 spiro atoms. The highest BCUT2D eigenvalue weighted by Gasteiger charge is 1.99. The molecule has 0 aliphatic heterocycles. The third kappa shape index (κ3) is 2.95. The summed E-state index contributed by atoms with van der Waals surface area (Å²) in [6, 6.07) is 13.2. The maximum Gasteiger partial charge on any atom is 0.130 e. The Hall–Kier alpha value is -2.38. The number of fused-ring (bicyclic) bond motifs is 1. The predicted octanol–water partition coefficient (Wildman–Crippen LogP) is 2.92. The fraction of sp³-hybridized carbons (Fsp3) is 0.133. The number of aromatic nitrogens is 4. The lowest BCUT2D eigenvalue weighted by Crippen LogP contribution is -2.01. The van der Waals surface area contributed by atoms with Gasteiger partial charge in [0.2, 0.25) is 0 Å². The van der Waals surface area contributed by atoms with Crippen LogP contribution < -0.4 is 0 Å². The highest BCUT2D eigenvalue weighted by atomic mass is 35.5. The molecule has 0 unspecified atom stereocenters. The molecule has 0 aliphatic carbocycles. The number of halogens is 1. The second-order valence-electron chi connectivity index (χ2n) is 4.18. The van der Waals surface area contributed by atoms with Crippen molar-refractivity contribution in [1.82, 2.24) is 20.0 Å². The Balaban J connectivity index is 1.65. The molecular weight excluding hydrogens is 272 g/mol. The average Bonchev–Trinajstić information content (AvgIpc) is 2.86. The first-order valence-electron chi connectivity index (χ1n) is 6.22. The molecule has 20 heavy (non-hydrogen) atoms. The first-order valence-corrected chi connectivity index (χ1v) is 6.60. The van der Waals surface area contributed by atoms with Gasteiger partial charge in [0.15, 0.2) is 0 Å². The molecule has 98 valence electrons. The Labute approximate surface area is 121 Å². The van der Waals surface area contributed by atoms with Crippen LogP contribution in [0.3, 0.4) is 0 Å². The van der Waals surface area contributed by atoms with Crippen molar-refractivity contribution >= 4 is 22.6 Å². The Morgan fingerprint density at radius 2 is 1.75 bits per heavy atom. The molecule has 4 nitrogen and oxygen atoms in total. The fourth-order valence-corrected chi connectivity index (χ4v) is 1.96. The van der Waals surface area contributed by atoms with Crippen molar-refractivity contribution in [2.24, 2.45) is 0 Å². The van der Waals surface area contributed by atoms with Gasteiger partial charge in [-0.3, -0.25) is 0 Å². The molecule has 1 aromatic carbocycles. The molecule has 5 heteroatoms. The number of aryl methyl sites for hydroxylation is 1. The van der Waals surface area contributed by atoms with Crippen molar-refractivity contribution in [2.75, 3.05) is 0 Å². The van der Waals surface area contributed by atoms with Gasteiger partial charge in [-0.1, -0.05) is 35.7 Å². The van der Waals surface area contributed by atoms with Crippen molar-refractivity contribution in [1.29, 1.82) is 0 Å². The van der Waals surface area contributed by atoms with Gasteiger partial charge >= 0.3 is 0 Å². The molecule has 0 N–H and O–H groups in total. The summed E-state index contributed by atoms with van der Waals surface area (Å²) in [4.78, 5) is 5.78. The van der Waals surface area contributed by atoms with Gasteiger partial charge in [-0.15, -0.1) is 0 Å². The van der Waals surface area contributed by atoms with Crippen molar-refractivity contribution in [2.45, 2.75) is 13.0 Å². The van der Waals surface area contributed by atoms with E-state index in [0.29, 0.717) is 23.8 Å². The largest absolute Gasteiger partial charge is 0.228 e. The number of hydrogen-bond donors (Lipinski definition) is 0. The zero-order chi connectivity index (χ0) is 13.8. The lowest BCUT2D eigenvalue weighted by molar-refractivity contribution is 0.555. The SMILES string of the molecule is Clc1cccc(C#CCCn2nc3ccccc3n2)n1. The minimum absolute atomic E-state index is 0.455. The lowest BCUT2D eigenvalue weighted by atomic mass is 10.3. The predicted molar refractivity (Wildman–Crippen MR) is 78.3 cm³/mol. The Morgan fingerprint density at radius 1 is 1.00 bits per heavy atom. The molecule has 0 bridgehead atoms. The van der Waals surface area contributed by atoms with Gasteiger partial charge in [0, 0.05) is 6.42 Å². The topological polar surface area (TPSA) is 43.6 Å². The Kier molecular flexibility index (Phi) is 3.62. The highest BCUT2D eigenvalue weighted by molar-refractivity contribution is 6.29. The number of pyridine rings is 1. The lowest BCUT2D eigenvalue weighted by Gasteiger charge is -1.93. The van der Waals surface area contributed by atoms with Gasteiger partial charge in [0.05, 0.1) is 6.54 Å². The molecule has 3 rings (SSSR count). The van der Waals surface area contributed by atoms with E-state index >= 15 is 0 Å². The standard InChI is InChI=1S/C15H11ClN4/c16-15-10-5-7-12(17-15)6-3-4-11-20-18-13-8-1-2-9-14(13)19-20/h1-2,5,7-10H,4,11H2. The summed E-state index contributed by atoms with van der Waals surface area (Å²) >= 11 is 5.80. The normalized spacial score (nSPS) is 10.2. The van der Waals surface area contributed by atoms with Crippen LogP contribution in [0.4, 0.5) is 0 Å². The van der Waals surface area contributed by atoms with E-state index in [4.69, 9.17) is 11.6 Å².